The highest BCUT2D eigenvalue weighted by atomic mass is 32.1. The number of amides is 2. The molecular formula is C28H32N2O4S. The average molecular weight is 493 g/mol. The van der Waals surface area contributed by atoms with Crippen LogP contribution in [0.3, 0.4) is 0 Å². The quantitative estimate of drug-likeness (QED) is 0.406. The number of methoxy groups -OCH3 is 2. The van der Waals surface area contributed by atoms with Crippen LogP contribution in [0.5, 0.6) is 5.75 Å². The molecule has 0 N–H and O–H groups in total. The lowest BCUT2D eigenvalue weighted by Crippen LogP contribution is -2.47. The molecule has 0 spiro atoms. The molecule has 0 bridgehead atoms. The molecular weight excluding hydrogens is 460 g/mol. The van der Waals surface area contributed by atoms with Gasteiger partial charge in [-0.1, -0.05) is 30.3 Å². The lowest BCUT2D eigenvalue weighted by Gasteiger charge is -2.38. The van der Waals surface area contributed by atoms with Crippen molar-refractivity contribution in [2.24, 2.45) is 0 Å². The second-order valence-electron chi connectivity index (χ2n) is 8.70. The molecule has 1 aliphatic rings. The van der Waals surface area contributed by atoms with E-state index in [4.69, 9.17) is 9.47 Å². The summed E-state index contributed by atoms with van der Waals surface area (Å²) in [6.07, 6.45) is 1.48. The van der Waals surface area contributed by atoms with E-state index >= 15 is 0 Å². The van der Waals surface area contributed by atoms with Crippen LogP contribution in [0.4, 0.5) is 0 Å². The van der Waals surface area contributed by atoms with Crippen molar-refractivity contribution in [1.29, 1.82) is 0 Å². The predicted octanol–water partition coefficient (Wildman–Crippen LogP) is 4.72. The SMILES string of the molecule is COCCCN(CC(=O)N1CCc2sccc2C1c1ccccc1C)C(=O)c1cccc(OC)c1. The zero-order chi connectivity index (χ0) is 24.8. The van der Waals surface area contributed by atoms with Gasteiger partial charge in [-0.05, 0) is 66.1 Å². The van der Waals surface area contributed by atoms with E-state index in [-0.39, 0.29) is 24.4 Å². The number of aryl methyl sites for hydroxylation is 1. The Morgan fingerprint density at radius 2 is 1.91 bits per heavy atom. The molecule has 0 fully saturated rings. The van der Waals surface area contributed by atoms with Crippen LogP contribution in [-0.2, 0) is 16.0 Å². The zero-order valence-corrected chi connectivity index (χ0v) is 21.3. The predicted molar refractivity (Wildman–Crippen MR) is 138 cm³/mol. The van der Waals surface area contributed by atoms with Gasteiger partial charge in [0.15, 0.2) is 0 Å². The number of fused-ring (bicyclic) bond motifs is 1. The third-order valence-corrected chi connectivity index (χ3v) is 7.47. The highest BCUT2D eigenvalue weighted by Crippen LogP contribution is 2.39. The molecule has 35 heavy (non-hydrogen) atoms. The van der Waals surface area contributed by atoms with Crippen molar-refractivity contribution < 1.29 is 19.1 Å². The smallest absolute Gasteiger partial charge is 0.254 e. The lowest BCUT2D eigenvalue weighted by molar-refractivity contribution is -0.134. The first kappa shape index (κ1) is 24.9. The van der Waals surface area contributed by atoms with Gasteiger partial charge in [-0.15, -0.1) is 11.3 Å². The van der Waals surface area contributed by atoms with Crippen molar-refractivity contribution in [3.05, 3.63) is 87.1 Å². The molecule has 4 rings (SSSR count). The molecule has 2 aromatic carbocycles. The van der Waals surface area contributed by atoms with Gasteiger partial charge in [-0.2, -0.15) is 0 Å². The molecule has 0 radical (unpaired) electrons. The second-order valence-corrected chi connectivity index (χ2v) is 9.70. The van der Waals surface area contributed by atoms with Gasteiger partial charge in [-0.3, -0.25) is 9.59 Å². The van der Waals surface area contributed by atoms with Crippen LogP contribution in [0, 0.1) is 6.92 Å². The van der Waals surface area contributed by atoms with Crippen LogP contribution >= 0.6 is 11.3 Å². The maximum Gasteiger partial charge on any atom is 0.254 e. The topological polar surface area (TPSA) is 59.1 Å². The normalized spacial score (nSPS) is 14.9. The van der Waals surface area contributed by atoms with Crippen LogP contribution in [-0.4, -0.2) is 62.1 Å². The molecule has 2 amide bonds. The van der Waals surface area contributed by atoms with Gasteiger partial charge < -0.3 is 19.3 Å². The van der Waals surface area contributed by atoms with Crippen LogP contribution in [0.15, 0.2) is 60.0 Å². The minimum atomic E-state index is -0.186. The number of hydrogen-bond donors (Lipinski definition) is 0. The van der Waals surface area contributed by atoms with E-state index in [0.717, 1.165) is 17.5 Å². The largest absolute Gasteiger partial charge is 0.497 e. The standard InChI is InChI=1S/C28H32N2O4S/c1-20-8-4-5-11-23(20)27-24-13-17-35-25(24)12-15-30(27)26(31)19-29(14-7-16-33-2)28(32)21-9-6-10-22(18-21)34-3/h4-6,8-11,13,17-18,27H,7,12,14-16,19H2,1-3H3. The highest BCUT2D eigenvalue weighted by Gasteiger charge is 2.34. The van der Waals surface area contributed by atoms with Crippen molar-refractivity contribution in [3.8, 4) is 5.75 Å². The second kappa shape index (κ2) is 11.5. The first-order valence-electron chi connectivity index (χ1n) is 11.9. The Morgan fingerprint density at radius 3 is 2.69 bits per heavy atom. The summed E-state index contributed by atoms with van der Waals surface area (Å²) in [5, 5.41) is 2.10. The molecule has 0 saturated heterocycles. The van der Waals surface area contributed by atoms with E-state index in [1.54, 1.807) is 54.7 Å². The van der Waals surface area contributed by atoms with Crippen molar-refractivity contribution in [2.75, 3.05) is 40.5 Å². The van der Waals surface area contributed by atoms with Crippen molar-refractivity contribution in [3.63, 3.8) is 0 Å². The van der Waals surface area contributed by atoms with E-state index in [2.05, 4.69) is 30.5 Å². The minimum Gasteiger partial charge on any atom is -0.497 e. The summed E-state index contributed by atoms with van der Waals surface area (Å²) in [5.74, 6) is 0.373. The first-order valence-corrected chi connectivity index (χ1v) is 12.7. The monoisotopic (exact) mass is 492 g/mol. The summed E-state index contributed by atoms with van der Waals surface area (Å²) < 4.78 is 10.5. The highest BCUT2D eigenvalue weighted by molar-refractivity contribution is 7.10. The third-order valence-electron chi connectivity index (χ3n) is 6.48. The summed E-state index contributed by atoms with van der Waals surface area (Å²) in [5.41, 5.74) is 3.97. The third kappa shape index (κ3) is 5.57. The van der Waals surface area contributed by atoms with Crippen LogP contribution in [0.2, 0.25) is 0 Å². The summed E-state index contributed by atoms with van der Waals surface area (Å²) in [7, 11) is 3.21. The molecule has 0 aliphatic carbocycles. The van der Waals surface area contributed by atoms with Crippen LogP contribution in [0.1, 0.15) is 44.4 Å². The van der Waals surface area contributed by atoms with E-state index in [1.165, 1.54) is 10.4 Å². The number of carbonyl (C=O) groups excluding carboxylic acids is 2. The molecule has 184 valence electrons. The number of nitrogens with zero attached hydrogens (tertiary/aromatic N) is 2. The lowest BCUT2D eigenvalue weighted by atomic mass is 9.90. The fourth-order valence-electron chi connectivity index (χ4n) is 4.66. The molecule has 1 aliphatic heterocycles. The number of rotatable bonds is 9. The van der Waals surface area contributed by atoms with Crippen molar-refractivity contribution in [1.82, 2.24) is 9.80 Å². The summed E-state index contributed by atoms with van der Waals surface area (Å²) in [4.78, 5) is 32.2. The van der Waals surface area contributed by atoms with Crippen LogP contribution < -0.4 is 4.74 Å². The number of thiophene rings is 1. The molecule has 7 heteroatoms. The van der Waals surface area contributed by atoms with Crippen molar-refractivity contribution in [2.45, 2.75) is 25.8 Å². The van der Waals surface area contributed by atoms with Gasteiger partial charge in [0.25, 0.3) is 5.91 Å². The Bertz CT molecular complexity index is 1180. The molecule has 1 atom stereocenters. The number of benzene rings is 2. The maximum absolute atomic E-state index is 13.8. The van der Waals surface area contributed by atoms with Gasteiger partial charge in [-0.25, -0.2) is 0 Å². The van der Waals surface area contributed by atoms with Gasteiger partial charge in [0, 0.05) is 37.2 Å². The Morgan fingerprint density at radius 1 is 1.09 bits per heavy atom. The van der Waals surface area contributed by atoms with E-state index < -0.39 is 0 Å². The Balaban J connectivity index is 1.61. The first-order chi connectivity index (χ1) is 17.0. The van der Waals surface area contributed by atoms with Gasteiger partial charge in [0.05, 0.1) is 13.2 Å². The van der Waals surface area contributed by atoms with Crippen LogP contribution in [0.25, 0.3) is 0 Å². The maximum atomic E-state index is 13.8. The molecule has 1 unspecified atom stereocenters. The molecule has 2 heterocycles. The molecule has 6 nitrogen and oxygen atoms in total. The molecule has 1 aromatic heterocycles. The van der Waals surface area contributed by atoms with Crippen molar-refractivity contribution >= 4 is 23.2 Å². The average Bonchev–Trinajstić information content (AvgIpc) is 3.36. The van der Waals surface area contributed by atoms with E-state index in [9.17, 15) is 9.59 Å². The van der Waals surface area contributed by atoms with E-state index in [1.807, 2.05) is 17.0 Å². The Labute approximate surface area is 211 Å². The number of carbonyl (C=O) groups is 2. The summed E-state index contributed by atoms with van der Waals surface area (Å²) >= 11 is 1.75. The summed E-state index contributed by atoms with van der Waals surface area (Å²) in [6.45, 7) is 3.68. The van der Waals surface area contributed by atoms with Gasteiger partial charge in [0.1, 0.15) is 12.3 Å². The minimum absolute atomic E-state index is 0.0155. The number of ether oxygens (including phenoxy) is 2. The molecule has 0 saturated carbocycles. The Hall–Kier alpha value is -3.16. The van der Waals surface area contributed by atoms with Gasteiger partial charge >= 0.3 is 0 Å². The fourth-order valence-corrected chi connectivity index (χ4v) is 5.56. The zero-order valence-electron chi connectivity index (χ0n) is 20.5. The number of hydrogen-bond acceptors (Lipinski definition) is 5. The fraction of sp³-hybridized carbons (Fsp3) is 0.357. The summed E-state index contributed by atoms with van der Waals surface area (Å²) in [6, 6.07) is 17.3. The Kier molecular flexibility index (Phi) is 8.21. The molecule has 3 aromatic rings. The van der Waals surface area contributed by atoms with E-state index in [0.29, 0.717) is 37.4 Å². The van der Waals surface area contributed by atoms with Gasteiger partial charge in [0.2, 0.25) is 5.91 Å².